The highest BCUT2D eigenvalue weighted by molar-refractivity contribution is 5.88. The maximum absolute atomic E-state index is 11.2. The fourth-order valence-electron chi connectivity index (χ4n) is 2.68. The summed E-state index contributed by atoms with van der Waals surface area (Å²) in [4.78, 5) is 25.3. The van der Waals surface area contributed by atoms with E-state index in [0.29, 0.717) is 5.69 Å². The second-order valence-corrected chi connectivity index (χ2v) is 4.68. The van der Waals surface area contributed by atoms with Crippen molar-refractivity contribution in [2.24, 2.45) is 0 Å². The normalized spacial score (nSPS) is 22.1. The van der Waals surface area contributed by atoms with E-state index >= 15 is 0 Å². The predicted octanol–water partition coefficient (Wildman–Crippen LogP) is -2.80. The summed E-state index contributed by atoms with van der Waals surface area (Å²) in [5.41, 5.74) is 2.03. The van der Waals surface area contributed by atoms with E-state index in [4.69, 9.17) is 0 Å². The van der Waals surface area contributed by atoms with E-state index < -0.39 is 24.0 Å². The largest absolute Gasteiger partial charge is 0.544 e. The maximum atomic E-state index is 11.2. The van der Waals surface area contributed by atoms with Crippen molar-refractivity contribution < 1.29 is 25.1 Å². The number of para-hydroxylation sites is 1. The van der Waals surface area contributed by atoms with Crippen molar-refractivity contribution in [2.45, 2.75) is 18.5 Å². The molecular formula is C13H11N2O4-. The van der Waals surface area contributed by atoms with Crippen molar-refractivity contribution in [1.29, 1.82) is 0 Å². The van der Waals surface area contributed by atoms with Crippen LogP contribution in [0.5, 0.6) is 0 Å². The lowest BCUT2D eigenvalue weighted by Gasteiger charge is -2.28. The molecule has 0 bridgehead atoms. The summed E-state index contributed by atoms with van der Waals surface area (Å²) in [7, 11) is 0. The molecule has 2 heterocycles. The van der Waals surface area contributed by atoms with Gasteiger partial charge in [0.15, 0.2) is 6.04 Å². The number of rotatable bonds is 2. The Morgan fingerprint density at radius 3 is 2.63 bits per heavy atom. The number of nitrogens with two attached hydrogens (primary N) is 1. The monoisotopic (exact) mass is 259 g/mol. The molecular weight excluding hydrogens is 248 g/mol. The van der Waals surface area contributed by atoms with E-state index in [9.17, 15) is 19.8 Å². The number of aromatic amines is 1. The molecule has 0 saturated carbocycles. The molecule has 0 amide bonds. The minimum atomic E-state index is -1.31. The Morgan fingerprint density at radius 2 is 1.95 bits per heavy atom. The van der Waals surface area contributed by atoms with Gasteiger partial charge in [0.25, 0.3) is 0 Å². The molecule has 1 aromatic carbocycles. The van der Waals surface area contributed by atoms with Gasteiger partial charge < -0.3 is 30.1 Å². The third-order valence-electron chi connectivity index (χ3n) is 3.56. The molecule has 6 nitrogen and oxygen atoms in total. The summed E-state index contributed by atoms with van der Waals surface area (Å²) in [6.45, 7) is 0. The predicted molar refractivity (Wildman–Crippen MR) is 60.5 cm³/mol. The standard InChI is InChI=1S/C13H12N2O4/c16-12(17)9-5-7-6-3-1-2-4-8(6)14-10(7)11(15-9)13(18)19/h1-4,9,11,14-15H,5H2,(H,16,17)(H,18,19)/p-1/t9-,11+/m1/s1. The first-order valence-corrected chi connectivity index (χ1v) is 5.94. The zero-order chi connectivity index (χ0) is 13.6. The summed E-state index contributed by atoms with van der Waals surface area (Å²) >= 11 is 0. The highest BCUT2D eigenvalue weighted by Crippen LogP contribution is 2.28. The van der Waals surface area contributed by atoms with Crippen LogP contribution < -0.4 is 15.5 Å². The minimum Gasteiger partial charge on any atom is -0.544 e. The summed E-state index contributed by atoms with van der Waals surface area (Å²) < 4.78 is 0. The van der Waals surface area contributed by atoms with Gasteiger partial charge in [-0.25, -0.2) is 0 Å². The first kappa shape index (κ1) is 11.7. The third-order valence-corrected chi connectivity index (χ3v) is 3.56. The number of carboxylic acids is 2. The van der Waals surface area contributed by atoms with Crippen molar-refractivity contribution in [3.8, 4) is 0 Å². The van der Waals surface area contributed by atoms with Crippen LogP contribution in [-0.4, -0.2) is 23.0 Å². The maximum Gasteiger partial charge on any atom is 0.167 e. The SMILES string of the molecule is O=C([O-])[C@H]1[NH2+][C@@H](C(=O)[O-])Cc2c1[nH]c1ccccc21. The zero-order valence-corrected chi connectivity index (χ0v) is 9.88. The van der Waals surface area contributed by atoms with Gasteiger partial charge in [0.2, 0.25) is 0 Å². The summed E-state index contributed by atoms with van der Waals surface area (Å²) in [6, 6.07) is 5.38. The number of fused-ring (bicyclic) bond motifs is 3. The Balaban J connectivity index is 2.19. The number of hydrogen-bond donors (Lipinski definition) is 2. The first-order chi connectivity index (χ1) is 9.08. The summed E-state index contributed by atoms with van der Waals surface area (Å²) in [5.74, 6) is -2.57. The molecule has 1 aromatic heterocycles. The molecule has 0 spiro atoms. The fraction of sp³-hybridized carbons (Fsp3) is 0.231. The third kappa shape index (κ3) is 1.77. The van der Waals surface area contributed by atoms with Gasteiger partial charge in [0.05, 0.1) is 11.7 Å². The van der Waals surface area contributed by atoms with E-state index in [1.807, 2.05) is 24.3 Å². The zero-order valence-electron chi connectivity index (χ0n) is 9.88. The molecule has 0 unspecified atom stereocenters. The molecule has 0 aliphatic carbocycles. The number of carbonyl (C=O) groups is 2. The van der Waals surface area contributed by atoms with E-state index in [1.54, 1.807) is 0 Å². The van der Waals surface area contributed by atoms with Crippen LogP contribution in [0.4, 0.5) is 0 Å². The molecule has 0 saturated heterocycles. The van der Waals surface area contributed by atoms with E-state index in [0.717, 1.165) is 16.5 Å². The number of carbonyl (C=O) groups excluding carboxylic acids is 2. The van der Waals surface area contributed by atoms with Gasteiger partial charge in [-0.1, -0.05) is 18.2 Å². The Bertz CT molecular complexity index is 676. The van der Waals surface area contributed by atoms with Gasteiger partial charge in [-0.2, -0.15) is 0 Å². The van der Waals surface area contributed by atoms with Crippen LogP contribution in [0.2, 0.25) is 0 Å². The average Bonchev–Trinajstić information content (AvgIpc) is 2.75. The number of benzene rings is 1. The lowest BCUT2D eigenvalue weighted by Crippen LogP contribution is -2.97. The van der Waals surface area contributed by atoms with E-state index in [1.165, 1.54) is 5.32 Å². The Labute approximate surface area is 108 Å². The van der Waals surface area contributed by atoms with Gasteiger partial charge in [0.1, 0.15) is 12.0 Å². The van der Waals surface area contributed by atoms with Crippen LogP contribution in [0.1, 0.15) is 17.3 Å². The lowest BCUT2D eigenvalue weighted by atomic mass is 9.94. The number of hydrogen-bond acceptors (Lipinski definition) is 4. The molecule has 0 fully saturated rings. The Hall–Kier alpha value is -2.34. The Kier molecular flexibility index (Phi) is 2.53. The van der Waals surface area contributed by atoms with E-state index in [-0.39, 0.29) is 6.42 Å². The van der Waals surface area contributed by atoms with Crippen molar-refractivity contribution in [3.63, 3.8) is 0 Å². The van der Waals surface area contributed by atoms with Crippen LogP contribution in [0.25, 0.3) is 10.9 Å². The number of aromatic nitrogens is 1. The number of carboxylic acid groups (broad SMARTS) is 2. The molecule has 2 aromatic rings. The molecule has 3 N–H and O–H groups in total. The molecule has 0 radical (unpaired) electrons. The summed E-state index contributed by atoms with van der Waals surface area (Å²) in [6.07, 6.45) is 0.242. The van der Waals surface area contributed by atoms with Crippen molar-refractivity contribution in [3.05, 3.63) is 35.5 Å². The molecule has 2 atom stereocenters. The van der Waals surface area contributed by atoms with Crippen LogP contribution >= 0.6 is 0 Å². The second-order valence-electron chi connectivity index (χ2n) is 4.68. The number of H-pyrrole nitrogens is 1. The number of nitrogens with one attached hydrogen (secondary N) is 1. The molecule has 19 heavy (non-hydrogen) atoms. The topological polar surface area (TPSA) is 113 Å². The molecule has 1 aliphatic rings. The highest BCUT2D eigenvalue weighted by atomic mass is 16.4. The molecule has 3 rings (SSSR count). The number of aliphatic carboxylic acids is 2. The van der Waals surface area contributed by atoms with Crippen LogP contribution in [0, 0.1) is 0 Å². The van der Waals surface area contributed by atoms with Gasteiger partial charge in [-0.15, -0.1) is 0 Å². The van der Waals surface area contributed by atoms with Gasteiger partial charge in [-0.05, 0) is 11.6 Å². The molecule has 6 heteroatoms. The van der Waals surface area contributed by atoms with Gasteiger partial charge in [0, 0.05) is 17.3 Å². The number of quaternary nitrogens is 1. The van der Waals surface area contributed by atoms with Crippen LogP contribution in [0.3, 0.4) is 0 Å². The average molecular weight is 259 g/mol. The fourth-order valence-corrected chi connectivity index (χ4v) is 2.68. The quantitative estimate of drug-likeness (QED) is 0.606. The van der Waals surface area contributed by atoms with Crippen LogP contribution in [-0.2, 0) is 16.0 Å². The summed E-state index contributed by atoms with van der Waals surface area (Å²) in [5, 5.41) is 24.3. The highest BCUT2D eigenvalue weighted by Gasteiger charge is 2.34. The van der Waals surface area contributed by atoms with E-state index in [2.05, 4.69) is 4.98 Å². The van der Waals surface area contributed by atoms with Crippen LogP contribution in [0.15, 0.2) is 24.3 Å². The first-order valence-electron chi connectivity index (χ1n) is 5.94. The van der Waals surface area contributed by atoms with Gasteiger partial charge in [-0.3, -0.25) is 0 Å². The van der Waals surface area contributed by atoms with Crippen molar-refractivity contribution in [1.82, 2.24) is 4.98 Å². The van der Waals surface area contributed by atoms with Crippen molar-refractivity contribution in [2.75, 3.05) is 0 Å². The van der Waals surface area contributed by atoms with Gasteiger partial charge >= 0.3 is 0 Å². The van der Waals surface area contributed by atoms with Crippen molar-refractivity contribution >= 4 is 22.8 Å². The molecule has 1 aliphatic heterocycles. The second kappa shape index (κ2) is 4.10. The lowest BCUT2D eigenvalue weighted by molar-refractivity contribution is -0.718. The molecule has 98 valence electrons. The minimum absolute atomic E-state index is 0.242. The smallest absolute Gasteiger partial charge is 0.167 e. The Morgan fingerprint density at radius 1 is 1.21 bits per heavy atom.